The highest BCUT2D eigenvalue weighted by Crippen LogP contribution is 2.48. The smallest absolute Gasteiger partial charge is 0.130 e. The van der Waals surface area contributed by atoms with Crippen molar-refractivity contribution in [2.45, 2.75) is 18.3 Å². The lowest BCUT2D eigenvalue weighted by molar-refractivity contribution is -0.109. The van der Waals surface area contributed by atoms with E-state index in [1.165, 1.54) is 12.1 Å². The van der Waals surface area contributed by atoms with E-state index in [2.05, 4.69) is 0 Å². The molecule has 1 aliphatic rings. The standard InChI is InChI=1S/C14H11FO/c15-11-4-5-12-10(8-11)2-1-3-13(12)14(9-16)6-7-14/h1-5,8-9H,6-7H2. The van der Waals surface area contributed by atoms with Crippen LogP contribution in [0.25, 0.3) is 10.8 Å². The van der Waals surface area contributed by atoms with E-state index in [1.807, 2.05) is 18.2 Å². The normalized spacial score (nSPS) is 17.3. The molecule has 0 unspecified atom stereocenters. The summed E-state index contributed by atoms with van der Waals surface area (Å²) in [5, 5.41) is 1.86. The van der Waals surface area contributed by atoms with Gasteiger partial charge in [0, 0.05) is 0 Å². The molecule has 0 bridgehead atoms. The first-order valence-corrected chi connectivity index (χ1v) is 5.40. The lowest BCUT2D eigenvalue weighted by Gasteiger charge is -2.11. The summed E-state index contributed by atoms with van der Waals surface area (Å²) in [5.41, 5.74) is 0.747. The number of benzene rings is 2. The lowest BCUT2D eigenvalue weighted by atomic mass is 9.92. The molecule has 0 amide bonds. The molecular weight excluding hydrogens is 203 g/mol. The molecule has 0 heterocycles. The molecule has 0 spiro atoms. The largest absolute Gasteiger partial charge is 0.302 e. The van der Waals surface area contributed by atoms with Crippen LogP contribution >= 0.6 is 0 Å². The second kappa shape index (κ2) is 3.14. The van der Waals surface area contributed by atoms with Crippen molar-refractivity contribution >= 4 is 17.1 Å². The van der Waals surface area contributed by atoms with Gasteiger partial charge >= 0.3 is 0 Å². The zero-order valence-electron chi connectivity index (χ0n) is 8.74. The Morgan fingerprint density at radius 3 is 2.69 bits per heavy atom. The number of hydrogen-bond acceptors (Lipinski definition) is 1. The summed E-state index contributed by atoms with van der Waals surface area (Å²) >= 11 is 0. The van der Waals surface area contributed by atoms with Crippen molar-refractivity contribution in [2.24, 2.45) is 0 Å². The maximum Gasteiger partial charge on any atom is 0.130 e. The van der Waals surface area contributed by atoms with Crippen LogP contribution in [0.5, 0.6) is 0 Å². The number of fused-ring (bicyclic) bond motifs is 1. The van der Waals surface area contributed by atoms with E-state index in [9.17, 15) is 9.18 Å². The maximum absolute atomic E-state index is 13.1. The fraction of sp³-hybridized carbons (Fsp3) is 0.214. The molecule has 1 saturated carbocycles. The highest BCUT2D eigenvalue weighted by molar-refractivity contribution is 5.91. The van der Waals surface area contributed by atoms with E-state index in [-0.39, 0.29) is 11.2 Å². The van der Waals surface area contributed by atoms with Crippen molar-refractivity contribution in [3.63, 3.8) is 0 Å². The first-order valence-electron chi connectivity index (χ1n) is 5.40. The molecule has 0 aliphatic heterocycles. The minimum Gasteiger partial charge on any atom is -0.302 e. The molecule has 80 valence electrons. The van der Waals surface area contributed by atoms with Crippen molar-refractivity contribution in [2.75, 3.05) is 0 Å². The average molecular weight is 214 g/mol. The zero-order valence-corrected chi connectivity index (χ0v) is 8.74. The van der Waals surface area contributed by atoms with E-state index in [1.54, 1.807) is 6.07 Å². The van der Waals surface area contributed by atoms with Gasteiger partial charge in [-0.2, -0.15) is 0 Å². The number of aldehydes is 1. The summed E-state index contributed by atoms with van der Waals surface area (Å²) in [7, 11) is 0. The van der Waals surface area contributed by atoms with E-state index >= 15 is 0 Å². The van der Waals surface area contributed by atoms with Crippen LogP contribution in [0.4, 0.5) is 4.39 Å². The van der Waals surface area contributed by atoms with Gasteiger partial charge in [-0.05, 0) is 41.3 Å². The summed E-state index contributed by atoms with van der Waals surface area (Å²) in [4.78, 5) is 11.1. The Kier molecular flexibility index (Phi) is 1.87. The fourth-order valence-corrected chi connectivity index (χ4v) is 2.27. The number of rotatable bonds is 2. The molecule has 0 radical (unpaired) electrons. The van der Waals surface area contributed by atoms with Crippen LogP contribution < -0.4 is 0 Å². The van der Waals surface area contributed by atoms with Gasteiger partial charge in [0.15, 0.2) is 0 Å². The first kappa shape index (κ1) is 9.52. The summed E-state index contributed by atoms with van der Waals surface area (Å²) < 4.78 is 13.1. The highest BCUT2D eigenvalue weighted by Gasteiger charge is 2.45. The van der Waals surface area contributed by atoms with Gasteiger partial charge in [-0.3, -0.25) is 0 Å². The van der Waals surface area contributed by atoms with E-state index in [0.29, 0.717) is 0 Å². The predicted octanol–water partition coefficient (Wildman–Crippen LogP) is 3.21. The Morgan fingerprint density at radius 2 is 2.00 bits per heavy atom. The Labute approximate surface area is 92.9 Å². The second-order valence-corrected chi connectivity index (χ2v) is 4.45. The van der Waals surface area contributed by atoms with Crippen molar-refractivity contribution in [1.82, 2.24) is 0 Å². The van der Waals surface area contributed by atoms with Crippen LogP contribution in [0.2, 0.25) is 0 Å². The highest BCUT2D eigenvalue weighted by atomic mass is 19.1. The first-order chi connectivity index (χ1) is 7.75. The third kappa shape index (κ3) is 1.26. The van der Waals surface area contributed by atoms with Crippen molar-refractivity contribution < 1.29 is 9.18 Å². The molecule has 16 heavy (non-hydrogen) atoms. The number of hydrogen-bond donors (Lipinski definition) is 0. The maximum atomic E-state index is 13.1. The zero-order chi connectivity index (χ0) is 11.2. The van der Waals surface area contributed by atoms with Gasteiger partial charge in [0.25, 0.3) is 0 Å². The quantitative estimate of drug-likeness (QED) is 0.701. The Balaban J connectivity index is 2.29. The van der Waals surface area contributed by atoms with Crippen molar-refractivity contribution in [1.29, 1.82) is 0 Å². The third-order valence-electron chi connectivity index (χ3n) is 3.39. The van der Waals surface area contributed by atoms with Crippen LogP contribution in [0.3, 0.4) is 0 Å². The van der Waals surface area contributed by atoms with E-state index in [4.69, 9.17) is 0 Å². The van der Waals surface area contributed by atoms with Crippen LogP contribution in [-0.4, -0.2) is 6.29 Å². The minimum atomic E-state index is -0.294. The Morgan fingerprint density at radius 1 is 1.19 bits per heavy atom. The molecule has 1 fully saturated rings. The molecule has 1 aliphatic carbocycles. The second-order valence-electron chi connectivity index (χ2n) is 4.45. The molecule has 1 nitrogen and oxygen atoms in total. The van der Waals surface area contributed by atoms with Gasteiger partial charge in [-0.1, -0.05) is 24.3 Å². The molecule has 0 saturated heterocycles. The molecule has 2 aromatic rings. The van der Waals surface area contributed by atoms with Gasteiger partial charge in [-0.15, -0.1) is 0 Å². The van der Waals surface area contributed by atoms with Crippen molar-refractivity contribution in [3.8, 4) is 0 Å². The van der Waals surface area contributed by atoms with E-state index in [0.717, 1.165) is 35.5 Å². The molecular formula is C14H11FO. The summed E-state index contributed by atoms with van der Waals surface area (Å²) in [6.07, 6.45) is 2.85. The van der Waals surface area contributed by atoms with Crippen LogP contribution in [0, 0.1) is 5.82 Å². The Hall–Kier alpha value is -1.70. The van der Waals surface area contributed by atoms with Crippen LogP contribution in [0.1, 0.15) is 18.4 Å². The fourth-order valence-electron chi connectivity index (χ4n) is 2.27. The molecule has 0 atom stereocenters. The average Bonchev–Trinajstić information content (AvgIpc) is 3.08. The number of halogens is 1. The van der Waals surface area contributed by atoms with Crippen LogP contribution in [-0.2, 0) is 10.2 Å². The Bertz CT molecular complexity index is 570. The summed E-state index contributed by atoms with van der Waals surface area (Å²) in [5.74, 6) is -0.236. The summed E-state index contributed by atoms with van der Waals surface area (Å²) in [6.45, 7) is 0. The molecule has 3 rings (SSSR count). The van der Waals surface area contributed by atoms with Gasteiger partial charge < -0.3 is 4.79 Å². The molecule has 2 heteroatoms. The van der Waals surface area contributed by atoms with E-state index < -0.39 is 0 Å². The SMILES string of the molecule is O=CC1(c2cccc3cc(F)ccc23)CC1. The number of carbonyl (C=O) groups is 1. The topological polar surface area (TPSA) is 17.1 Å². The van der Waals surface area contributed by atoms with Gasteiger partial charge in [-0.25, -0.2) is 4.39 Å². The van der Waals surface area contributed by atoms with Crippen molar-refractivity contribution in [3.05, 3.63) is 47.8 Å². The van der Waals surface area contributed by atoms with Crippen LogP contribution in [0.15, 0.2) is 36.4 Å². The molecule has 2 aromatic carbocycles. The third-order valence-corrected chi connectivity index (χ3v) is 3.39. The van der Waals surface area contributed by atoms with Gasteiger partial charge in [0.1, 0.15) is 12.1 Å². The molecule has 0 N–H and O–H groups in total. The monoisotopic (exact) mass is 214 g/mol. The minimum absolute atomic E-state index is 0.236. The van der Waals surface area contributed by atoms with Gasteiger partial charge in [0.05, 0.1) is 5.41 Å². The predicted molar refractivity (Wildman–Crippen MR) is 60.9 cm³/mol. The summed E-state index contributed by atoms with van der Waals surface area (Å²) in [6, 6.07) is 10.5. The number of carbonyl (C=O) groups excluding carboxylic acids is 1. The molecule has 0 aromatic heterocycles. The lowest BCUT2D eigenvalue weighted by Crippen LogP contribution is -2.08. The van der Waals surface area contributed by atoms with Gasteiger partial charge in [0.2, 0.25) is 0 Å².